The highest BCUT2D eigenvalue weighted by Gasteiger charge is 2.06. The zero-order chi connectivity index (χ0) is 10.8. The molecule has 1 N–H and O–H groups in total. The largest absolute Gasteiger partial charge is 0.350 e. The van der Waals surface area contributed by atoms with E-state index in [1.54, 1.807) is 6.20 Å². The molecule has 5 heteroatoms. The van der Waals surface area contributed by atoms with Gasteiger partial charge >= 0.3 is 0 Å². The van der Waals surface area contributed by atoms with E-state index in [-0.39, 0.29) is 0 Å². The quantitative estimate of drug-likeness (QED) is 0.754. The zero-order valence-corrected chi connectivity index (χ0v) is 8.31. The molecule has 2 rings (SSSR count). The lowest BCUT2D eigenvalue weighted by atomic mass is 10.1. The van der Waals surface area contributed by atoms with E-state index in [1.807, 2.05) is 0 Å². The summed E-state index contributed by atoms with van der Waals surface area (Å²) in [5.41, 5.74) is 0.891. The predicted octanol–water partition coefficient (Wildman–Crippen LogP) is 3.08. The Morgan fingerprint density at radius 1 is 1.20 bits per heavy atom. The predicted molar refractivity (Wildman–Crippen MR) is 54.8 cm³/mol. The molecule has 0 radical (unpaired) electrons. The molecular formula is C10H6F2N2S. The van der Waals surface area contributed by atoms with Crippen molar-refractivity contribution < 1.29 is 8.78 Å². The van der Waals surface area contributed by atoms with E-state index in [4.69, 9.17) is 12.2 Å². The minimum atomic E-state index is -0.910. The molecule has 0 aliphatic carbocycles. The van der Waals surface area contributed by atoms with Crippen LogP contribution in [0.4, 0.5) is 8.78 Å². The van der Waals surface area contributed by atoms with E-state index in [9.17, 15) is 8.78 Å². The molecule has 1 heterocycles. The summed E-state index contributed by atoms with van der Waals surface area (Å²) in [6.45, 7) is 0. The van der Waals surface area contributed by atoms with Crippen LogP contribution in [0.3, 0.4) is 0 Å². The minimum Gasteiger partial charge on any atom is -0.350 e. The van der Waals surface area contributed by atoms with Crippen LogP contribution in [0.25, 0.3) is 11.3 Å². The normalized spacial score (nSPS) is 10.3. The first-order valence-corrected chi connectivity index (χ1v) is 4.58. The summed E-state index contributed by atoms with van der Waals surface area (Å²) in [5, 5.41) is 0. The van der Waals surface area contributed by atoms with Crippen LogP contribution in [-0.4, -0.2) is 9.97 Å². The fraction of sp³-hybridized carbons (Fsp3) is 0. The van der Waals surface area contributed by atoms with Crippen LogP contribution in [0.2, 0.25) is 0 Å². The fourth-order valence-electron chi connectivity index (χ4n) is 1.20. The van der Waals surface area contributed by atoms with Gasteiger partial charge in [0.15, 0.2) is 11.6 Å². The molecule has 1 aromatic heterocycles. The summed E-state index contributed by atoms with van der Waals surface area (Å²) >= 11 is 4.98. The lowest BCUT2D eigenvalue weighted by Gasteiger charge is -2.00. The van der Waals surface area contributed by atoms with Crippen LogP contribution < -0.4 is 0 Å². The molecule has 0 aliphatic heterocycles. The van der Waals surface area contributed by atoms with Crippen molar-refractivity contribution in [3.8, 4) is 11.3 Å². The first-order valence-electron chi connectivity index (χ1n) is 4.17. The molecular weight excluding hydrogens is 218 g/mol. The van der Waals surface area contributed by atoms with Gasteiger partial charge in [0.05, 0.1) is 0 Å². The number of halogens is 2. The lowest BCUT2D eigenvalue weighted by Crippen LogP contribution is -1.89. The number of nitrogens with one attached hydrogen (secondary N) is 1. The monoisotopic (exact) mass is 224 g/mol. The average molecular weight is 224 g/mol. The number of nitrogens with zero attached hydrogens (tertiary/aromatic N) is 1. The maximum Gasteiger partial charge on any atom is 0.159 e. The number of benzene rings is 1. The highest BCUT2D eigenvalue weighted by molar-refractivity contribution is 7.71. The molecule has 0 amide bonds. The van der Waals surface area contributed by atoms with Gasteiger partial charge in [0, 0.05) is 18.0 Å². The first kappa shape index (κ1) is 9.92. The Morgan fingerprint density at radius 3 is 2.67 bits per heavy atom. The second kappa shape index (κ2) is 3.86. The van der Waals surface area contributed by atoms with Gasteiger partial charge in [-0.05, 0) is 18.2 Å². The number of hydrogen-bond donors (Lipinski definition) is 1. The smallest absolute Gasteiger partial charge is 0.159 e. The molecule has 76 valence electrons. The van der Waals surface area contributed by atoms with Gasteiger partial charge in [0.2, 0.25) is 0 Å². The molecule has 0 atom stereocenters. The van der Waals surface area contributed by atoms with Gasteiger partial charge in [-0.3, -0.25) is 4.98 Å². The third kappa shape index (κ3) is 1.92. The summed E-state index contributed by atoms with van der Waals surface area (Å²) in [6, 6.07) is 3.56. The highest BCUT2D eigenvalue weighted by atomic mass is 32.1. The number of aromatic nitrogens is 2. The van der Waals surface area contributed by atoms with Gasteiger partial charge in [-0.15, -0.1) is 0 Å². The van der Waals surface area contributed by atoms with Crippen LogP contribution >= 0.6 is 12.2 Å². The maximum atomic E-state index is 12.9. The van der Waals surface area contributed by atoms with Gasteiger partial charge in [-0.1, -0.05) is 12.2 Å². The first-order chi connectivity index (χ1) is 7.18. The SMILES string of the molecule is Fc1ccc(-c2ncc[nH]c2=S)cc1F. The van der Waals surface area contributed by atoms with E-state index in [0.717, 1.165) is 12.1 Å². The Bertz CT molecular complexity index is 551. The zero-order valence-electron chi connectivity index (χ0n) is 7.50. The number of H-pyrrole nitrogens is 1. The van der Waals surface area contributed by atoms with Gasteiger partial charge in [0.25, 0.3) is 0 Å². The van der Waals surface area contributed by atoms with Crippen LogP contribution in [0.1, 0.15) is 0 Å². The van der Waals surface area contributed by atoms with Crippen molar-refractivity contribution in [1.29, 1.82) is 0 Å². The van der Waals surface area contributed by atoms with Gasteiger partial charge < -0.3 is 4.98 Å². The van der Waals surface area contributed by atoms with Crippen LogP contribution in [0.15, 0.2) is 30.6 Å². The van der Waals surface area contributed by atoms with Crippen molar-refractivity contribution in [3.63, 3.8) is 0 Å². The Kier molecular flexibility index (Phi) is 2.55. The van der Waals surface area contributed by atoms with Crippen LogP contribution in [0, 0.1) is 16.3 Å². The summed E-state index contributed by atoms with van der Waals surface area (Å²) < 4.78 is 26.0. The molecule has 2 nitrogen and oxygen atoms in total. The van der Waals surface area contributed by atoms with Crippen molar-refractivity contribution in [2.24, 2.45) is 0 Å². The van der Waals surface area contributed by atoms with Crippen molar-refractivity contribution in [1.82, 2.24) is 9.97 Å². The number of hydrogen-bond acceptors (Lipinski definition) is 2. The molecule has 15 heavy (non-hydrogen) atoms. The van der Waals surface area contributed by atoms with E-state index < -0.39 is 11.6 Å². The van der Waals surface area contributed by atoms with Gasteiger partial charge in [-0.25, -0.2) is 8.78 Å². The minimum absolute atomic E-state index is 0.392. The lowest BCUT2D eigenvalue weighted by molar-refractivity contribution is 0.509. The molecule has 0 aliphatic rings. The molecule has 2 aromatic rings. The van der Waals surface area contributed by atoms with Gasteiger partial charge in [0.1, 0.15) is 10.3 Å². The third-order valence-corrected chi connectivity index (χ3v) is 2.21. The second-order valence-corrected chi connectivity index (χ2v) is 3.30. The Hall–Kier alpha value is -1.62. The molecule has 0 saturated heterocycles. The second-order valence-electron chi connectivity index (χ2n) is 2.90. The third-order valence-electron chi connectivity index (χ3n) is 1.90. The number of rotatable bonds is 1. The van der Waals surface area contributed by atoms with E-state index in [2.05, 4.69) is 9.97 Å². The molecule has 0 unspecified atom stereocenters. The van der Waals surface area contributed by atoms with Crippen molar-refractivity contribution >= 4 is 12.2 Å². The van der Waals surface area contributed by atoms with Crippen LogP contribution in [-0.2, 0) is 0 Å². The van der Waals surface area contributed by atoms with Crippen molar-refractivity contribution in [2.45, 2.75) is 0 Å². The van der Waals surface area contributed by atoms with Crippen molar-refractivity contribution in [3.05, 3.63) is 46.9 Å². The fourth-order valence-corrected chi connectivity index (χ4v) is 1.44. The number of aromatic amines is 1. The summed E-state index contributed by atoms with van der Waals surface area (Å²) in [5.74, 6) is -1.79. The summed E-state index contributed by atoms with van der Waals surface area (Å²) in [7, 11) is 0. The van der Waals surface area contributed by atoms with Crippen LogP contribution in [0.5, 0.6) is 0 Å². The Balaban J connectivity index is 2.60. The Morgan fingerprint density at radius 2 is 2.00 bits per heavy atom. The average Bonchev–Trinajstić information content (AvgIpc) is 2.23. The maximum absolute atomic E-state index is 12.9. The molecule has 1 aromatic carbocycles. The standard InChI is InChI=1S/C10H6F2N2S/c11-7-2-1-6(5-8(7)12)9-10(15)14-4-3-13-9/h1-5H,(H,14,15). The molecule has 0 fully saturated rings. The van der Waals surface area contributed by atoms with E-state index >= 15 is 0 Å². The topological polar surface area (TPSA) is 28.7 Å². The van der Waals surface area contributed by atoms with E-state index in [0.29, 0.717) is 15.9 Å². The van der Waals surface area contributed by atoms with Gasteiger partial charge in [-0.2, -0.15) is 0 Å². The van der Waals surface area contributed by atoms with Crippen molar-refractivity contribution in [2.75, 3.05) is 0 Å². The summed E-state index contributed by atoms with van der Waals surface area (Å²) in [4.78, 5) is 6.76. The van der Waals surface area contributed by atoms with E-state index in [1.165, 1.54) is 12.3 Å². The highest BCUT2D eigenvalue weighted by Crippen LogP contribution is 2.19. The summed E-state index contributed by atoms with van der Waals surface area (Å²) in [6.07, 6.45) is 3.08. The Labute approximate surface area is 89.6 Å². The molecule has 0 bridgehead atoms. The molecule has 0 saturated carbocycles. The molecule has 0 spiro atoms.